The molecule has 0 aliphatic heterocycles. The van der Waals surface area contributed by atoms with E-state index < -0.39 is 0 Å². The Bertz CT molecular complexity index is 628. The smallest absolute Gasteiger partial charge is 0.242 e. The largest absolute Gasteiger partial charge is 0.361 e. The van der Waals surface area contributed by atoms with Crippen molar-refractivity contribution in [2.45, 2.75) is 19.3 Å². The van der Waals surface area contributed by atoms with Gasteiger partial charge in [-0.2, -0.15) is 0 Å². The fourth-order valence-corrected chi connectivity index (χ4v) is 2.07. The number of nitrogens with one attached hydrogen (secondary N) is 3. The molecule has 0 saturated heterocycles. The quantitative estimate of drug-likeness (QED) is 0.724. The monoisotopic (exact) mass is 257 g/mol. The van der Waals surface area contributed by atoms with Crippen LogP contribution in [-0.2, 0) is 16.0 Å². The summed E-state index contributed by atoms with van der Waals surface area (Å²) in [5, 5.41) is 1.03. The molecule has 5 nitrogen and oxygen atoms in total. The number of aromatic amines is 1. The zero-order chi connectivity index (χ0) is 13.2. The molecule has 1 fully saturated rings. The average Bonchev–Trinajstić information content (AvgIpc) is 3.20. The molecule has 3 rings (SSSR count). The van der Waals surface area contributed by atoms with Crippen molar-refractivity contribution >= 4 is 22.7 Å². The van der Waals surface area contributed by atoms with Crippen LogP contribution >= 0.6 is 0 Å². The van der Waals surface area contributed by atoms with Crippen LogP contribution in [0.15, 0.2) is 30.5 Å². The van der Waals surface area contributed by atoms with Crippen LogP contribution in [0.4, 0.5) is 0 Å². The first-order valence-corrected chi connectivity index (χ1v) is 6.38. The highest BCUT2D eigenvalue weighted by atomic mass is 16.2. The van der Waals surface area contributed by atoms with Gasteiger partial charge in [0, 0.05) is 23.0 Å². The van der Waals surface area contributed by atoms with Crippen molar-refractivity contribution in [2.75, 3.05) is 0 Å². The highest BCUT2D eigenvalue weighted by molar-refractivity contribution is 5.90. The molecular weight excluding hydrogens is 242 g/mol. The minimum absolute atomic E-state index is 0.0905. The first kappa shape index (κ1) is 11.8. The van der Waals surface area contributed by atoms with Crippen LogP contribution in [0.5, 0.6) is 0 Å². The van der Waals surface area contributed by atoms with Crippen molar-refractivity contribution in [1.82, 2.24) is 15.8 Å². The number of hydrogen-bond acceptors (Lipinski definition) is 2. The molecule has 2 aromatic rings. The lowest BCUT2D eigenvalue weighted by molar-refractivity contribution is -0.129. The van der Waals surface area contributed by atoms with Gasteiger partial charge in [-0.15, -0.1) is 0 Å². The number of carbonyl (C=O) groups excluding carboxylic acids is 2. The molecule has 2 amide bonds. The summed E-state index contributed by atoms with van der Waals surface area (Å²) in [5.41, 5.74) is 6.84. The molecule has 1 aliphatic rings. The van der Waals surface area contributed by atoms with Gasteiger partial charge >= 0.3 is 0 Å². The normalized spacial score (nSPS) is 14.3. The van der Waals surface area contributed by atoms with Crippen LogP contribution in [-0.4, -0.2) is 16.8 Å². The van der Waals surface area contributed by atoms with E-state index >= 15 is 0 Å². The lowest BCUT2D eigenvalue weighted by Gasteiger charge is -2.06. The topological polar surface area (TPSA) is 74.0 Å². The van der Waals surface area contributed by atoms with Crippen LogP contribution in [0, 0.1) is 5.92 Å². The predicted octanol–water partition coefficient (Wildman–Crippen LogP) is 1.27. The summed E-state index contributed by atoms with van der Waals surface area (Å²) in [6, 6.07) is 7.81. The Kier molecular flexibility index (Phi) is 2.95. The van der Waals surface area contributed by atoms with Crippen LogP contribution < -0.4 is 10.9 Å². The van der Waals surface area contributed by atoms with Gasteiger partial charge in [0.1, 0.15) is 0 Å². The second kappa shape index (κ2) is 4.76. The fourth-order valence-electron chi connectivity index (χ4n) is 2.07. The maximum Gasteiger partial charge on any atom is 0.242 e. The van der Waals surface area contributed by atoms with E-state index in [1.807, 2.05) is 30.5 Å². The van der Waals surface area contributed by atoms with E-state index in [9.17, 15) is 9.59 Å². The Morgan fingerprint density at radius 3 is 2.79 bits per heavy atom. The zero-order valence-electron chi connectivity index (χ0n) is 10.4. The molecule has 98 valence electrons. The van der Waals surface area contributed by atoms with Gasteiger partial charge in [-0.05, 0) is 24.5 Å². The number of rotatable bonds is 3. The lowest BCUT2D eigenvalue weighted by Crippen LogP contribution is -2.43. The average molecular weight is 257 g/mol. The summed E-state index contributed by atoms with van der Waals surface area (Å²) in [6.45, 7) is 0. The van der Waals surface area contributed by atoms with E-state index in [0.29, 0.717) is 0 Å². The molecular formula is C14H15N3O2. The van der Waals surface area contributed by atoms with Gasteiger partial charge in [0.05, 0.1) is 6.42 Å². The molecule has 0 unspecified atom stereocenters. The van der Waals surface area contributed by atoms with Gasteiger partial charge in [-0.3, -0.25) is 20.4 Å². The van der Waals surface area contributed by atoms with E-state index in [1.165, 1.54) is 0 Å². The van der Waals surface area contributed by atoms with Crippen LogP contribution in [0.3, 0.4) is 0 Å². The fraction of sp³-hybridized carbons (Fsp3) is 0.286. The van der Waals surface area contributed by atoms with Crippen molar-refractivity contribution < 1.29 is 9.59 Å². The second-order valence-electron chi connectivity index (χ2n) is 4.85. The third kappa shape index (κ3) is 2.59. The van der Waals surface area contributed by atoms with E-state index in [1.54, 1.807) is 0 Å². The molecule has 5 heteroatoms. The molecule has 0 atom stereocenters. The van der Waals surface area contributed by atoms with Crippen LogP contribution in [0.2, 0.25) is 0 Å². The second-order valence-corrected chi connectivity index (χ2v) is 4.85. The number of fused-ring (bicyclic) bond motifs is 1. The summed E-state index contributed by atoms with van der Waals surface area (Å²) in [4.78, 5) is 26.3. The SMILES string of the molecule is O=C(Cc1c[nH]c2ccccc12)NNC(=O)C1CC1. The first-order chi connectivity index (χ1) is 9.24. The Hall–Kier alpha value is -2.30. The third-order valence-corrected chi connectivity index (χ3v) is 3.30. The summed E-state index contributed by atoms with van der Waals surface area (Å²) in [6.07, 6.45) is 3.91. The van der Waals surface area contributed by atoms with Gasteiger partial charge in [0.15, 0.2) is 0 Å². The van der Waals surface area contributed by atoms with E-state index in [0.717, 1.165) is 29.3 Å². The number of H-pyrrole nitrogens is 1. The third-order valence-electron chi connectivity index (χ3n) is 3.30. The number of para-hydroxylation sites is 1. The van der Waals surface area contributed by atoms with Gasteiger partial charge < -0.3 is 4.98 Å². The minimum Gasteiger partial charge on any atom is -0.361 e. The number of hydrazine groups is 1. The van der Waals surface area contributed by atoms with Gasteiger partial charge in [0.25, 0.3) is 0 Å². The van der Waals surface area contributed by atoms with Crippen molar-refractivity contribution in [2.24, 2.45) is 5.92 Å². The van der Waals surface area contributed by atoms with Crippen LogP contribution in [0.1, 0.15) is 18.4 Å². The Balaban J connectivity index is 1.61. The van der Waals surface area contributed by atoms with Crippen LogP contribution in [0.25, 0.3) is 10.9 Å². The molecule has 3 N–H and O–H groups in total. The van der Waals surface area contributed by atoms with Gasteiger partial charge in [-0.25, -0.2) is 0 Å². The highest BCUT2D eigenvalue weighted by Crippen LogP contribution is 2.28. The van der Waals surface area contributed by atoms with Crippen molar-refractivity contribution in [3.63, 3.8) is 0 Å². The molecule has 1 aliphatic carbocycles. The van der Waals surface area contributed by atoms with Gasteiger partial charge in [0.2, 0.25) is 11.8 Å². The molecule has 0 bridgehead atoms. The van der Waals surface area contributed by atoms with Crippen molar-refractivity contribution in [1.29, 1.82) is 0 Å². The standard InChI is InChI=1S/C14H15N3O2/c18-13(16-17-14(19)9-5-6-9)7-10-8-15-12-4-2-1-3-11(10)12/h1-4,8-9,15H,5-7H2,(H,16,18)(H,17,19). The molecule has 1 aromatic carbocycles. The molecule has 1 heterocycles. The zero-order valence-corrected chi connectivity index (χ0v) is 10.4. The van der Waals surface area contributed by atoms with E-state index in [4.69, 9.17) is 0 Å². The number of hydrogen-bond donors (Lipinski definition) is 3. The van der Waals surface area contributed by atoms with Crippen molar-refractivity contribution in [3.8, 4) is 0 Å². The Morgan fingerprint density at radius 1 is 1.21 bits per heavy atom. The number of aromatic nitrogens is 1. The summed E-state index contributed by atoms with van der Waals surface area (Å²) < 4.78 is 0. The molecule has 0 spiro atoms. The summed E-state index contributed by atoms with van der Waals surface area (Å²) in [5.74, 6) is -0.209. The molecule has 19 heavy (non-hydrogen) atoms. The maximum absolute atomic E-state index is 11.8. The number of amides is 2. The maximum atomic E-state index is 11.8. The van der Waals surface area contributed by atoms with E-state index in [2.05, 4.69) is 15.8 Å². The first-order valence-electron chi connectivity index (χ1n) is 6.38. The summed E-state index contributed by atoms with van der Waals surface area (Å²) >= 11 is 0. The number of carbonyl (C=O) groups is 2. The minimum atomic E-state index is -0.209. The van der Waals surface area contributed by atoms with Crippen molar-refractivity contribution in [3.05, 3.63) is 36.0 Å². The lowest BCUT2D eigenvalue weighted by atomic mass is 10.1. The Morgan fingerprint density at radius 2 is 2.00 bits per heavy atom. The molecule has 1 aromatic heterocycles. The number of benzene rings is 1. The highest BCUT2D eigenvalue weighted by Gasteiger charge is 2.29. The summed E-state index contributed by atoms with van der Waals surface area (Å²) in [7, 11) is 0. The van der Waals surface area contributed by atoms with E-state index in [-0.39, 0.29) is 24.2 Å². The van der Waals surface area contributed by atoms with Gasteiger partial charge in [-0.1, -0.05) is 18.2 Å². The molecule has 0 radical (unpaired) electrons. The Labute approximate surface area is 110 Å². The predicted molar refractivity (Wildman–Crippen MR) is 71.0 cm³/mol. The molecule has 1 saturated carbocycles.